The molecule has 0 aliphatic rings. The van der Waals surface area contributed by atoms with Crippen LogP contribution in [0.25, 0.3) is 0 Å². The van der Waals surface area contributed by atoms with Crippen LogP contribution in [0.4, 0.5) is 0 Å². The van der Waals surface area contributed by atoms with E-state index in [0.29, 0.717) is 12.8 Å². The van der Waals surface area contributed by atoms with Gasteiger partial charge in [-0.2, -0.15) is 8.42 Å². The van der Waals surface area contributed by atoms with E-state index in [-0.39, 0.29) is 25.4 Å². The molecule has 8 heteroatoms. The van der Waals surface area contributed by atoms with Crippen LogP contribution in [-0.2, 0) is 29.2 Å². The number of ether oxygens (including phenoxy) is 2. The molecule has 1 unspecified atom stereocenters. The van der Waals surface area contributed by atoms with E-state index in [0.717, 1.165) is 0 Å². The molecule has 0 radical (unpaired) electrons. The highest BCUT2D eigenvalue weighted by Gasteiger charge is 2.30. The Morgan fingerprint density at radius 2 is 1.82 bits per heavy atom. The fourth-order valence-corrected chi connectivity index (χ4v) is 1.88. The third kappa shape index (κ3) is 8.99. The summed E-state index contributed by atoms with van der Waals surface area (Å²) < 4.78 is 39.7. The summed E-state index contributed by atoms with van der Waals surface area (Å²) in [5.74, 6) is -1.39. The highest BCUT2D eigenvalue weighted by atomic mass is 32.2. The molecule has 0 aliphatic heterocycles. The SMILES string of the molecule is CCC(CC(=O)OCCCS(=O)(=O)O)OC(=O)C(C)(C)CC. The van der Waals surface area contributed by atoms with Gasteiger partial charge in [0, 0.05) is 0 Å². The molecule has 0 aromatic carbocycles. The first-order valence-corrected chi connectivity index (χ1v) is 8.94. The van der Waals surface area contributed by atoms with Gasteiger partial charge < -0.3 is 9.47 Å². The summed E-state index contributed by atoms with van der Waals surface area (Å²) in [6.45, 7) is 7.11. The monoisotopic (exact) mass is 338 g/mol. The maximum Gasteiger partial charge on any atom is 0.311 e. The second-order valence-corrected chi connectivity index (χ2v) is 7.31. The topological polar surface area (TPSA) is 107 Å². The molecule has 22 heavy (non-hydrogen) atoms. The molecule has 0 saturated carbocycles. The highest BCUT2D eigenvalue weighted by molar-refractivity contribution is 7.85. The van der Waals surface area contributed by atoms with E-state index >= 15 is 0 Å². The minimum absolute atomic E-state index is 0.0179. The average molecular weight is 338 g/mol. The Hall–Kier alpha value is -1.15. The molecule has 0 spiro atoms. The van der Waals surface area contributed by atoms with E-state index < -0.39 is 33.4 Å². The van der Waals surface area contributed by atoms with Crippen LogP contribution in [0.1, 0.15) is 53.4 Å². The Labute approximate surface area is 132 Å². The molecule has 0 aromatic heterocycles. The van der Waals surface area contributed by atoms with Crippen molar-refractivity contribution in [2.45, 2.75) is 59.5 Å². The number of carbonyl (C=O) groups is 2. The van der Waals surface area contributed by atoms with Gasteiger partial charge in [0.1, 0.15) is 6.10 Å². The Kier molecular flexibility index (Phi) is 8.62. The summed E-state index contributed by atoms with van der Waals surface area (Å²) in [6.07, 6.45) is 0.485. The van der Waals surface area contributed by atoms with Gasteiger partial charge in [0.15, 0.2) is 0 Å². The molecule has 1 atom stereocenters. The predicted octanol–water partition coefficient (Wildman–Crippen LogP) is 1.96. The Bertz CT molecular complexity index is 468. The lowest BCUT2D eigenvalue weighted by molar-refractivity contribution is -0.163. The second kappa shape index (κ2) is 9.09. The minimum Gasteiger partial charge on any atom is -0.466 e. The molecule has 0 saturated heterocycles. The van der Waals surface area contributed by atoms with Gasteiger partial charge in [-0.15, -0.1) is 0 Å². The lowest BCUT2D eigenvalue weighted by Gasteiger charge is -2.24. The Morgan fingerprint density at radius 1 is 1.23 bits per heavy atom. The fraction of sp³-hybridized carbons (Fsp3) is 0.857. The van der Waals surface area contributed by atoms with Gasteiger partial charge in [-0.25, -0.2) is 0 Å². The van der Waals surface area contributed by atoms with Crippen molar-refractivity contribution in [2.75, 3.05) is 12.4 Å². The molecule has 0 fully saturated rings. The predicted molar refractivity (Wildman–Crippen MR) is 80.9 cm³/mol. The lowest BCUT2D eigenvalue weighted by atomic mass is 9.90. The van der Waals surface area contributed by atoms with Crippen LogP contribution in [0.3, 0.4) is 0 Å². The molecular formula is C14H26O7S. The van der Waals surface area contributed by atoms with Crippen molar-refractivity contribution >= 4 is 22.1 Å². The van der Waals surface area contributed by atoms with E-state index in [2.05, 4.69) is 0 Å². The van der Waals surface area contributed by atoms with Crippen molar-refractivity contribution in [1.82, 2.24) is 0 Å². The third-order valence-corrected chi connectivity index (χ3v) is 4.17. The second-order valence-electron chi connectivity index (χ2n) is 5.74. The van der Waals surface area contributed by atoms with Crippen molar-refractivity contribution in [3.05, 3.63) is 0 Å². The first-order valence-electron chi connectivity index (χ1n) is 7.33. The summed E-state index contributed by atoms with van der Waals surface area (Å²) in [4.78, 5) is 23.6. The van der Waals surface area contributed by atoms with Gasteiger partial charge in [0.05, 0.1) is 24.2 Å². The van der Waals surface area contributed by atoms with Gasteiger partial charge in [-0.1, -0.05) is 13.8 Å². The number of hydrogen-bond acceptors (Lipinski definition) is 6. The molecule has 130 valence electrons. The van der Waals surface area contributed by atoms with Gasteiger partial charge in [-0.05, 0) is 33.1 Å². The summed E-state index contributed by atoms with van der Waals surface area (Å²) in [5.41, 5.74) is -0.604. The Balaban J connectivity index is 4.22. The summed E-state index contributed by atoms with van der Waals surface area (Å²) in [7, 11) is -4.05. The lowest BCUT2D eigenvalue weighted by Crippen LogP contribution is -2.31. The third-order valence-electron chi connectivity index (χ3n) is 3.37. The zero-order valence-electron chi connectivity index (χ0n) is 13.6. The molecular weight excluding hydrogens is 312 g/mol. The zero-order valence-corrected chi connectivity index (χ0v) is 14.4. The van der Waals surface area contributed by atoms with Crippen LogP contribution < -0.4 is 0 Å². The van der Waals surface area contributed by atoms with Crippen molar-refractivity contribution in [1.29, 1.82) is 0 Å². The molecule has 0 rings (SSSR count). The first kappa shape index (κ1) is 20.9. The van der Waals surface area contributed by atoms with Gasteiger partial charge in [0.25, 0.3) is 10.1 Å². The van der Waals surface area contributed by atoms with Crippen molar-refractivity contribution in [2.24, 2.45) is 5.41 Å². The van der Waals surface area contributed by atoms with E-state index in [9.17, 15) is 18.0 Å². The number of rotatable bonds is 10. The molecule has 0 aromatic rings. The Morgan fingerprint density at radius 3 is 2.27 bits per heavy atom. The highest BCUT2D eigenvalue weighted by Crippen LogP contribution is 2.23. The smallest absolute Gasteiger partial charge is 0.311 e. The van der Waals surface area contributed by atoms with Gasteiger partial charge in [0.2, 0.25) is 0 Å². The van der Waals surface area contributed by atoms with Crippen molar-refractivity contribution < 1.29 is 32.0 Å². The zero-order chi connectivity index (χ0) is 17.4. The van der Waals surface area contributed by atoms with Gasteiger partial charge >= 0.3 is 11.9 Å². The van der Waals surface area contributed by atoms with E-state index in [4.69, 9.17) is 14.0 Å². The van der Waals surface area contributed by atoms with Crippen LogP contribution >= 0.6 is 0 Å². The largest absolute Gasteiger partial charge is 0.466 e. The van der Waals surface area contributed by atoms with Crippen LogP contribution in [0.2, 0.25) is 0 Å². The van der Waals surface area contributed by atoms with E-state index in [1.165, 1.54) is 0 Å². The number of esters is 2. The summed E-state index contributed by atoms with van der Waals surface area (Å²) in [5, 5.41) is 0. The molecule has 0 bridgehead atoms. The van der Waals surface area contributed by atoms with E-state index in [1.54, 1.807) is 20.8 Å². The number of hydrogen-bond donors (Lipinski definition) is 1. The molecule has 0 heterocycles. The molecule has 7 nitrogen and oxygen atoms in total. The quantitative estimate of drug-likeness (QED) is 0.368. The van der Waals surface area contributed by atoms with Crippen molar-refractivity contribution in [3.63, 3.8) is 0 Å². The standard InChI is InChI=1S/C14H26O7S/c1-5-11(21-13(16)14(3,4)6-2)10-12(15)20-8-7-9-22(17,18)19/h11H,5-10H2,1-4H3,(H,17,18,19). The summed E-state index contributed by atoms with van der Waals surface area (Å²) >= 11 is 0. The van der Waals surface area contributed by atoms with Crippen molar-refractivity contribution in [3.8, 4) is 0 Å². The molecule has 1 N–H and O–H groups in total. The van der Waals surface area contributed by atoms with Crippen LogP contribution in [0, 0.1) is 5.41 Å². The van der Waals surface area contributed by atoms with Gasteiger partial charge in [-0.3, -0.25) is 14.1 Å². The first-order chi connectivity index (χ1) is 10.0. The number of carbonyl (C=O) groups excluding carboxylic acids is 2. The average Bonchev–Trinajstić information content (AvgIpc) is 2.41. The molecule has 0 aliphatic carbocycles. The molecule has 0 amide bonds. The van der Waals surface area contributed by atoms with E-state index in [1.807, 2.05) is 6.92 Å². The maximum absolute atomic E-state index is 11.9. The van der Waals surface area contributed by atoms with Crippen LogP contribution in [0.15, 0.2) is 0 Å². The normalized spacial score (nSPS) is 13.5. The van der Waals surface area contributed by atoms with Crippen LogP contribution in [-0.4, -0.2) is 43.4 Å². The summed E-state index contributed by atoms with van der Waals surface area (Å²) in [6, 6.07) is 0. The van der Waals surface area contributed by atoms with Crippen LogP contribution in [0.5, 0.6) is 0 Å². The minimum atomic E-state index is -4.05. The maximum atomic E-state index is 11.9. The fourth-order valence-electron chi connectivity index (χ4n) is 1.40.